The largest absolute Gasteiger partial charge is 0.497 e. The van der Waals surface area contributed by atoms with E-state index in [1.807, 2.05) is 62.5 Å². The van der Waals surface area contributed by atoms with Gasteiger partial charge in [0.2, 0.25) is 11.8 Å². The van der Waals surface area contributed by atoms with Crippen molar-refractivity contribution in [1.82, 2.24) is 14.8 Å². The van der Waals surface area contributed by atoms with Crippen molar-refractivity contribution in [2.75, 3.05) is 26.8 Å². The van der Waals surface area contributed by atoms with Gasteiger partial charge in [-0.3, -0.25) is 14.4 Å². The number of carbonyl (C=O) groups is 3. The number of nitrogens with zero attached hydrogens (tertiary/aromatic N) is 2. The van der Waals surface area contributed by atoms with Crippen LogP contribution >= 0.6 is 0 Å². The summed E-state index contributed by atoms with van der Waals surface area (Å²) in [5.41, 5.74) is 3.16. The molecule has 0 saturated heterocycles. The molecule has 0 radical (unpaired) electrons. The predicted octanol–water partition coefficient (Wildman–Crippen LogP) is 4.33. The Kier molecular flexibility index (Phi) is 10.1. The second kappa shape index (κ2) is 13.5. The summed E-state index contributed by atoms with van der Waals surface area (Å²) in [6.07, 6.45) is 2.67. The Morgan fingerprint density at radius 3 is 2.38 bits per heavy atom. The van der Waals surface area contributed by atoms with Crippen LogP contribution in [0.4, 0.5) is 0 Å². The maximum Gasteiger partial charge on any atom is 0.306 e. The number of rotatable bonds is 13. The van der Waals surface area contributed by atoms with E-state index >= 15 is 0 Å². The van der Waals surface area contributed by atoms with Crippen LogP contribution in [0.5, 0.6) is 5.75 Å². The third-order valence-electron chi connectivity index (χ3n) is 6.31. The van der Waals surface area contributed by atoms with Crippen LogP contribution in [0.3, 0.4) is 0 Å². The van der Waals surface area contributed by atoms with Crippen LogP contribution in [0, 0.1) is 0 Å². The van der Waals surface area contributed by atoms with Gasteiger partial charge in [-0.05, 0) is 56.5 Å². The number of carbonyl (C=O) groups excluding carboxylic acids is 3. The van der Waals surface area contributed by atoms with Crippen molar-refractivity contribution >= 4 is 28.7 Å². The van der Waals surface area contributed by atoms with Crippen LogP contribution in [0.1, 0.15) is 44.7 Å². The number of hydrogen-bond acceptors (Lipinski definition) is 5. The monoisotopic (exact) mass is 507 g/mol. The molecule has 8 nitrogen and oxygen atoms in total. The molecule has 0 aliphatic heterocycles. The molecule has 198 valence electrons. The first kappa shape index (κ1) is 27.8. The van der Waals surface area contributed by atoms with Gasteiger partial charge in [-0.2, -0.15) is 0 Å². The minimum Gasteiger partial charge on any atom is -0.497 e. The fourth-order valence-electron chi connectivity index (χ4n) is 4.23. The molecule has 2 aromatic carbocycles. The number of para-hydroxylation sites is 1. The Balaban J connectivity index is 1.74. The molecule has 3 aromatic rings. The van der Waals surface area contributed by atoms with E-state index in [1.54, 1.807) is 18.9 Å². The number of H-pyrrole nitrogens is 1. The summed E-state index contributed by atoms with van der Waals surface area (Å²) in [6.45, 7) is 6.60. The normalized spacial score (nSPS) is 10.9. The number of esters is 1. The number of benzene rings is 2. The minimum atomic E-state index is -0.411. The molecule has 0 aliphatic rings. The molecular weight excluding hydrogens is 470 g/mol. The molecule has 0 atom stereocenters. The molecule has 1 aromatic heterocycles. The molecular formula is C29H37N3O5. The highest BCUT2D eigenvalue weighted by atomic mass is 16.5. The molecule has 1 N–H and O–H groups in total. The van der Waals surface area contributed by atoms with Crippen molar-refractivity contribution in [2.45, 2.75) is 52.6 Å². The number of fused-ring (bicyclic) bond motifs is 1. The van der Waals surface area contributed by atoms with Gasteiger partial charge in [0.15, 0.2) is 0 Å². The summed E-state index contributed by atoms with van der Waals surface area (Å²) in [4.78, 5) is 44.8. The van der Waals surface area contributed by atoms with E-state index < -0.39 is 5.97 Å². The molecule has 0 aliphatic carbocycles. The molecule has 3 rings (SSSR count). The molecule has 0 spiro atoms. The summed E-state index contributed by atoms with van der Waals surface area (Å²) in [5, 5.41) is 1.14. The maximum atomic E-state index is 13.6. The molecule has 0 bridgehead atoms. The standard InChI is InChI=1S/C29H37N3O5/c1-5-37-29(35)15-14-27(33)32(21(2)3)20-28(34)31(19-22-10-12-24(36-4)13-11-22)17-16-23-18-30-26-9-7-6-8-25(23)26/h6-13,18,21,30H,5,14-17,19-20H2,1-4H3. The Morgan fingerprint density at radius 2 is 1.70 bits per heavy atom. The van der Waals surface area contributed by atoms with Crippen molar-refractivity contribution < 1.29 is 23.9 Å². The van der Waals surface area contributed by atoms with E-state index in [-0.39, 0.29) is 43.8 Å². The highest BCUT2D eigenvalue weighted by Crippen LogP contribution is 2.20. The lowest BCUT2D eigenvalue weighted by Gasteiger charge is -2.30. The number of nitrogens with one attached hydrogen (secondary N) is 1. The van der Waals surface area contributed by atoms with Crippen molar-refractivity contribution in [2.24, 2.45) is 0 Å². The van der Waals surface area contributed by atoms with E-state index in [4.69, 9.17) is 9.47 Å². The topological polar surface area (TPSA) is 91.9 Å². The number of aromatic nitrogens is 1. The van der Waals surface area contributed by atoms with Gasteiger partial charge in [-0.1, -0.05) is 30.3 Å². The number of aromatic amines is 1. The lowest BCUT2D eigenvalue weighted by molar-refractivity contribution is -0.147. The van der Waals surface area contributed by atoms with E-state index in [9.17, 15) is 14.4 Å². The van der Waals surface area contributed by atoms with Gasteiger partial charge in [0.05, 0.1) is 26.7 Å². The van der Waals surface area contributed by atoms with Gasteiger partial charge < -0.3 is 24.3 Å². The summed E-state index contributed by atoms with van der Waals surface area (Å²) in [7, 11) is 1.62. The number of amides is 2. The number of ether oxygens (including phenoxy) is 2. The average molecular weight is 508 g/mol. The van der Waals surface area contributed by atoms with Crippen molar-refractivity contribution in [3.63, 3.8) is 0 Å². The Morgan fingerprint density at radius 1 is 0.973 bits per heavy atom. The van der Waals surface area contributed by atoms with E-state index in [0.717, 1.165) is 27.8 Å². The van der Waals surface area contributed by atoms with E-state index in [2.05, 4.69) is 11.1 Å². The zero-order chi connectivity index (χ0) is 26.8. The molecule has 0 fully saturated rings. The third kappa shape index (κ3) is 7.84. The lowest BCUT2D eigenvalue weighted by Crippen LogP contribution is -2.46. The number of hydrogen-bond donors (Lipinski definition) is 1. The zero-order valence-corrected chi connectivity index (χ0v) is 22.2. The zero-order valence-electron chi connectivity index (χ0n) is 22.2. The highest BCUT2D eigenvalue weighted by molar-refractivity contribution is 5.87. The van der Waals surface area contributed by atoms with Gasteiger partial charge in [0, 0.05) is 42.7 Å². The Labute approximate surface area is 218 Å². The van der Waals surface area contributed by atoms with E-state index in [0.29, 0.717) is 19.5 Å². The van der Waals surface area contributed by atoms with Crippen LogP contribution in [0.15, 0.2) is 54.7 Å². The second-order valence-electron chi connectivity index (χ2n) is 9.19. The summed E-state index contributed by atoms with van der Waals surface area (Å²) >= 11 is 0. The molecule has 0 saturated carbocycles. The third-order valence-corrected chi connectivity index (χ3v) is 6.31. The first-order valence-electron chi connectivity index (χ1n) is 12.7. The van der Waals surface area contributed by atoms with Crippen LogP contribution in [-0.2, 0) is 32.1 Å². The lowest BCUT2D eigenvalue weighted by atomic mass is 10.1. The first-order chi connectivity index (χ1) is 17.8. The van der Waals surface area contributed by atoms with Crippen LogP contribution in [-0.4, -0.2) is 65.4 Å². The van der Waals surface area contributed by atoms with Crippen molar-refractivity contribution in [3.05, 3.63) is 65.9 Å². The summed E-state index contributed by atoms with van der Waals surface area (Å²) in [6, 6.07) is 15.5. The quantitative estimate of drug-likeness (QED) is 0.348. The van der Waals surface area contributed by atoms with Gasteiger partial charge in [0.25, 0.3) is 0 Å². The average Bonchev–Trinajstić information content (AvgIpc) is 3.31. The molecule has 2 amide bonds. The van der Waals surface area contributed by atoms with Crippen molar-refractivity contribution in [1.29, 1.82) is 0 Å². The fourth-order valence-corrected chi connectivity index (χ4v) is 4.23. The molecule has 37 heavy (non-hydrogen) atoms. The smallest absolute Gasteiger partial charge is 0.306 e. The molecule has 0 unspecified atom stereocenters. The van der Waals surface area contributed by atoms with Crippen LogP contribution < -0.4 is 4.74 Å². The summed E-state index contributed by atoms with van der Waals surface area (Å²) < 4.78 is 10.2. The Bertz CT molecular complexity index is 1190. The molecule has 8 heteroatoms. The Hall–Kier alpha value is -3.81. The minimum absolute atomic E-state index is 0.000208. The van der Waals surface area contributed by atoms with Crippen LogP contribution in [0.2, 0.25) is 0 Å². The van der Waals surface area contributed by atoms with E-state index in [1.165, 1.54) is 4.90 Å². The second-order valence-corrected chi connectivity index (χ2v) is 9.19. The van der Waals surface area contributed by atoms with Crippen LogP contribution in [0.25, 0.3) is 10.9 Å². The predicted molar refractivity (Wildman–Crippen MR) is 143 cm³/mol. The van der Waals surface area contributed by atoms with Gasteiger partial charge >= 0.3 is 5.97 Å². The summed E-state index contributed by atoms with van der Waals surface area (Å²) in [5.74, 6) is -0.0457. The maximum absolute atomic E-state index is 13.6. The SMILES string of the molecule is CCOC(=O)CCC(=O)N(CC(=O)N(CCc1c[nH]c2ccccc12)Cc1ccc(OC)cc1)C(C)C. The molecule has 1 heterocycles. The van der Waals surface area contributed by atoms with Gasteiger partial charge in [-0.15, -0.1) is 0 Å². The van der Waals surface area contributed by atoms with Gasteiger partial charge in [-0.25, -0.2) is 0 Å². The highest BCUT2D eigenvalue weighted by Gasteiger charge is 2.24. The van der Waals surface area contributed by atoms with Crippen molar-refractivity contribution in [3.8, 4) is 5.75 Å². The fraction of sp³-hybridized carbons (Fsp3) is 0.414. The first-order valence-corrected chi connectivity index (χ1v) is 12.7. The number of methoxy groups -OCH3 is 1. The van der Waals surface area contributed by atoms with Gasteiger partial charge in [0.1, 0.15) is 5.75 Å².